The zero-order valence-electron chi connectivity index (χ0n) is 8.86. The van der Waals surface area contributed by atoms with Crippen molar-refractivity contribution < 1.29 is 9.53 Å². The van der Waals surface area contributed by atoms with Gasteiger partial charge in [-0.05, 0) is 20.3 Å². The third kappa shape index (κ3) is 2.96. The van der Waals surface area contributed by atoms with Crippen molar-refractivity contribution in [1.82, 2.24) is 9.78 Å². The molecule has 1 aromatic heterocycles. The number of ether oxygens (including phenoxy) is 1. The number of hydrogen-bond donors (Lipinski definition) is 0. The normalized spacial score (nSPS) is 11.6. The van der Waals surface area contributed by atoms with E-state index in [1.54, 1.807) is 24.2 Å². The van der Waals surface area contributed by atoms with Crippen molar-refractivity contribution >= 4 is 6.29 Å². The third-order valence-electron chi connectivity index (χ3n) is 2.28. The van der Waals surface area contributed by atoms with E-state index in [-0.39, 0.29) is 5.60 Å². The summed E-state index contributed by atoms with van der Waals surface area (Å²) in [7, 11) is 1.69. The molecule has 0 amide bonds. The van der Waals surface area contributed by atoms with Crippen LogP contribution in [0.25, 0.3) is 0 Å². The zero-order valence-corrected chi connectivity index (χ0v) is 8.86. The molecule has 0 radical (unpaired) electrons. The second-order valence-electron chi connectivity index (χ2n) is 3.87. The summed E-state index contributed by atoms with van der Waals surface area (Å²) < 4.78 is 7.04. The minimum atomic E-state index is -0.146. The number of aldehydes is 1. The molecule has 1 rings (SSSR count). The Kier molecular flexibility index (Phi) is 3.41. The number of rotatable bonds is 5. The number of methoxy groups -OCH3 is 1. The van der Waals surface area contributed by atoms with Gasteiger partial charge >= 0.3 is 0 Å². The molecule has 0 fully saturated rings. The largest absolute Gasteiger partial charge is 0.379 e. The molecule has 0 saturated heterocycles. The van der Waals surface area contributed by atoms with E-state index in [1.807, 2.05) is 13.8 Å². The maximum atomic E-state index is 10.4. The number of aryl methyl sites for hydroxylation is 1. The molecule has 1 heterocycles. The monoisotopic (exact) mass is 196 g/mol. The smallest absolute Gasteiger partial charge is 0.153 e. The summed E-state index contributed by atoms with van der Waals surface area (Å²) in [6.45, 7) is 4.81. The number of carbonyl (C=O) groups excluding carboxylic acids is 1. The molecule has 14 heavy (non-hydrogen) atoms. The van der Waals surface area contributed by atoms with Crippen LogP contribution in [0, 0.1) is 0 Å². The molecule has 0 aromatic carbocycles. The first-order chi connectivity index (χ1) is 6.57. The standard InChI is InChI=1S/C10H16N2O2/c1-10(2,14-3)4-5-12-7-9(8-13)6-11-12/h6-8H,4-5H2,1-3H3. The van der Waals surface area contributed by atoms with Crippen LogP contribution in [0.3, 0.4) is 0 Å². The lowest BCUT2D eigenvalue weighted by Gasteiger charge is -2.22. The minimum Gasteiger partial charge on any atom is -0.379 e. The van der Waals surface area contributed by atoms with Crippen LogP contribution in [0.2, 0.25) is 0 Å². The molecule has 0 saturated carbocycles. The van der Waals surface area contributed by atoms with Crippen LogP contribution in [0.1, 0.15) is 30.6 Å². The van der Waals surface area contributed by atoms with Crippen LogP contribution in [-0.4, -0.2) is 28.8 Å². The second kappa shape index (κ2) is 4.37. The van der Waals surface area contributed by atoms with Crippen molar-refractivity contribution in [2.45, 2.75) is 32.4 Å². The van der Waals surface area contributed by atoms with Crippen molar-refractivity contribution in [2.24, 2.45) is 0 Å². The molecule has 0 spiro atoms. The van der Waals surface area contributed by atoms with Gasteiger partial charge in [0.15, 0.2) is 6.29 Å². The lowest BCUT2D eigenvalue weighted by molar-refractivity contribution is 0.0113. The highest BCUT2D eigenvalue weighted by Crippen LogP contribution is 2.13. The van der Waals surface area contributed by atoms with E-state index in [0.29, 0.717) is 5.56 Å². The summed E-state index contributed by atoms with van der Waals surface area (Å²) in [5.41, 5.74) is 0.466. The van der Waals surface area contributed by atoms with Crippen LogP contribution in [0.5, 0.6) is 0 Å². The molecule has 0 unspecified atom stereocenters. The highest BCUT2D eigenvalue weighted by atomic mass is 16.5. The summed E-state index contributed by atoms with van der Waals surface area (Å²) in [4.78, 5) is 10.4. The van der Waals surface area contributed by atoms with E-state index in [9.17, 15) is 4.79 Å². The zero-order chi connectivity index (χ0) is 10.6. The first kappa shape index (κ1) is 10.9. The van der Waals surface area contributed by atoms with E-state index in [1.165, 1.54) is 0 Å². The van der Waals surface area contributed by atoms with Gasteiger partial charge in [-0.1, -0.05) is 0 Å². The predicted molar refractivity (Wildman–Crippen MR) is 53.3 cm³/mol. The Bertz CT molecular complexity index is 305. The Morgan fingerprint density at radius 3 is 2.86 bits per heavy atom. The molecule has 78 valence electrons. The van der Waals surface area contributed by atoms with Gasteiger partial charge in [-0.15, -0.1) is 0 Å². The Labute approximate surface area is 83.9 Å². The van der Waals surface area contributed by atoms with Crippen LogP contribution < -0.4 is 0 Å². The fourth-order valence-corrected chi connectivity index (χ4v) is 1.05. The van der Waals surface area contributed by atoms with E-state index in [0.717, 1.165) is 19.3 Å². The van der Waals surface area contributed by atoms with Crippen molar-refractivity contribution in [3.8, 4) is 0 Å². The maximum absolute atomic E-state index is 10.4. The Hall–Kier alpha value is -1.16. The van der Waals surface area contributed by atoms with E-state index in [4.69, 9.17) is 4.74 Å². The molecule has 0 aliphatic heterocycles. The molecule has 0 aliphatic rings. The van der Waals surface area contributed by atoms with Crippen LogP contribution >= 0.6 is 0 Å². The summed E-state index contributed by atoms with van der Waals surface area (Å²) in [6.07, 6.45) is 4.96. The van der Waals surface area contributed by atoms with Crippen LogP contribution in [0.15, 0.2) is 12.4 Å². The molecule has 4 nitrogen and oxygen atoms in total. The molecule has 0 aliphatic carbocycles. The van der Waals surface area contributed by atoms with Gasteiger partial charge in [0.05, 0.1) is 17.4 Å². The summed E-state index contributed by atoms with van der Waals surface area (Å²) in [5, 5.41) is 4.05. The average Bonchev–Trinajstić information content (AvgIpc) is 2.63. The quantitative estimate of drug-likeness (QED) is 0.670. The summed E-state index contributed by atoms with van der Waals surface area (Å²) in [6, 6.07) is 0. The summed E-state index contributed by atoms with van der Waals surface area (Å²) >= 11 is 0. The van der Waals surface area contributed by atoms with Crippen molar-refractivity contribution in [1.29, 1.82) is 0 Å². The molecular formula is C10H16N2O2. The lowest BCUT2D eigenvalue weighted by Crippen LogP contribution is -2.24. The van der Waals surface area contributed by atoms with Gasteiger partial charge in [0.1, 0.15) is 0 Å². The van der Waals surface area contributed by atoms with E-state index >= 15 is 0 Å². The van der Waals surface area contributed by atoms with Crippen molar-refractivity contribution in [3.05, 3.63) is 18.0 Å². The Balaban J connectivity index is 2.49. The molecule has 0 atom stereocenters. The first-order valence-electron chi connectivity index (χ1n) is 4.60. The van der Waals surface area contributed by atoms with Gasteiger partial charge in [-0.25, -0.2) is 0 Å². The van der Waals surface area contributed by atoms with Gasteiger partial charge in [-0.3, -0.25) is 9.48 Å². The van der Waals surface area contributed by atoms with E-state index < -0.39 is 0 Å². The average molecular weight is 196 g/mol. The molecular weight excluding hydrogens is 180 g/mol. The highest BCUT2D eigenvalue weighted by Gasteiger charge is 2.15. The Morgan fingerprint density at radius 1 is 1.64 bits per heavy atom. The number of aromatic nitrogens is 2. The fourth-order valence-electron chi connectivity index (χ4n) is 1.05. The molecule has 0 bridgehead atoms. The molecule has 4 heteroatoms. The third-order valence-corrected chi connectivity index (χ3v) is 2.28. The van der Waals surface area contributed by atoms with Crippen molar-refractivity contribution in [2.75, 3.05) is 7.11 Å². The van der Waals surface area contributed by atoms with Crippen LogP contribution in [-0.2, 0) is 11.3 Å². The van der Waals surface area contributed by atoms with Gasteiger partial charge < -0.3 is 4.74 Å². The minimum absolute atomic E-state index is 0.146. The lowest BCUT2D eigenvalue weighted by atomic mass is 10.1. The highest BCUT2D eigenvalue weighted by molar-refractivity contribution is 5.73. The Morgan fingerprint density at radius 2 is 2.36 bits per heavy atom. The molecule has 0 N–H and O–H groups in total. The van der Waals surface area contributed by atoms with Gasteiger partial charge in [0, 0.05) is 19.9 Å². The summed E-state index contributed by atoms with van der Waals surface area (Å²) in [5.74, 6) is 0. The number of carbonyl (C=O) groups is 1. The predicted octanol–water partition coefficient (Wildman–Crippen LogP) is 1.51. The van der Waals surface area contributed by atoms with E-state index in [2.05, 4.69) is 5.10 Å². The number of hydrogen-bond acceptors (Lipinski definition) is 3. The van der Waals surface area contributed by atoms with Crippen molar-refractivity contribution in [3.63, 3.8) is 0 Å². The van der Waals surface area contributed by atoms with Crippen LogP contribution in [0.4, 0.5) is 0 Å². The van der Waals surface area contributed by atoms with Gasteiger partial charge in [-0.2, -0.15) is 5.10 Å². The van der Waals surface area contributed by atoms with Gasteiger partial charge in [0.2, 0.25) is 0 Å². The topological polar surface area (TPSA) is 44.1 Å². The molecule has 1 aromatic rings. The first-order valence-corrected chi connectivity index (χ1v) is 4.60. The number of nitrogens with zero attached hydrogens (tertiary/aromatic N) is 2. The van der Waals surface area contributed by atoms with Gasteiger partial charge in [0.25, 0.3) is 0 Å². The fraction of sp³-hybridized carbons (Fsp3) is 0.600. The maximum Gasteiger partial charge on any atom is 0.153 e. The second-order valence-corrected chi connectivity index (χ2v) is 3.87. The SMILES string of the molecule is COC(C)(C)CCn1cc(C=O)cn1.